The number of carbonyl (C=O) groups is 1. The molecule has 32 heavy (non-hydrogen) atoms. The van der Waals surface area contributed by atoms with Crippen molar-refractivity contribution in [3.63, 3.8) is 0 Å². The lowest BCUT2D eigenvalue weighted by Gasteiger charge is -2.30. The first-order valence-corrected chi connectivity index (χ1v) is 12.8. The topological polar surface area (TPSA) is 69.7 Å². The molecule has 2 aromatic rings. The Labute approximate surface area is 192 Å². The Morgan fingerprint density at radius 1 is 1.03 bits per heavy atom. The Hall–Kier alpha value is -2.22. The molecule has 0 saturated carbocycles. The van der Waals surface area contributed by atoms with E-state index in [9.17, 15) is 13.2 Å². The number of hydrogen-bond donors (Lipinski definition) is 1. The average Bonchev–Trinajstić information content (AvgIpc) is 2.79. The van der Waals surface area contributed by atoms with Gasteiger partial charge in [-0.3, -0.25) is 4.79 Å². The normalized spacial score (nSPS) is 15.7. The van der Waals surface area contributed by atoms with Crippen molar-refractivity contribution in [1.29, 1.82) is 0 Å². The van der Waals surface area contributed by atoms with Crippen LogP contribution in [-0.2, 0) is 14.8 Å². The predicted octanol–water partition coefficient (Wildman–Crippen LogP) is 3.23. The molecule has 174 valence electrons. The fraction of sp³-hybridized carbons (Fsp3) is 0.480. The summed E-state index contributed by atoms with van der Waals surface area (Å²) in [6, 6.07) is 13.6. The third-order valence-corrected chi connectivity index (χ3v) is 8.31. The van der Waals surface area contributed by atoms with Gasteiger partial charge in [0.2, 0.25) is 15.9 Å². The van der Waals surface area contributed by atoms with Gasteiger partial charge < -0.3 is 10.2 Å². The van der Waals surface area contributed by atoms with Crippen LogP contribution in [0.15, 0.2) is 47.4 Å². The summed E-state index contributed by atoms with van der Waals surface area (Å²) < 4.78 is 29.0. The average molecular weight is 458 g/mol. The maximum atomic E-state index is 13.8. The van der Waals surface area contributed by atoms with Crippen molar-refractivity contribution in [3.05, 3.63) is 64.7 Å². The highest BCUT2D eigenvalue weighted by molar-refractivity contribution is 7.89. The molecule has 0 bridgehead atoms. The Morgan fingerprint density at radius 2 is 1.66 bits per heavy atom. The van der Waals surface area contributed by atoms with Gasteiger partial charge >= 0.3 is 0 Å². The van der Waals surface area contributed by atoms with E-state index in [1.807, 2.05) is 69.0 Å². The van der Waals surface area contributed by atoms with E-state index in [1.54, 1.807) is 6.07 Å². The molecule has 7 heteroatoms. The highest BCUT2D eigenvalue weighted by atomic mass is 32.2. The van der Waals surface area contributed by atoms with Gasteiger partial charge in [0, 0.05) is 45.7 Å². The Kier molecular flexibility index (Phi) is 8.09. The second-order valence-electron chi connectivity index (χ2n) is 8.76. The Bertz CT molecular complexity index is 1030. The van der Waals surface area contributed by atoms with Gasteiger partial charge in [0.25, 0.3) is 0 Å². The lowest BCUT2D eigenvalue weighted by atomic mass is 10.0. The number of amides is 1. The highest BCUT2D eigenvalue weighted by Gasteiger charge is 2.29. The largest absolute Gasteiger partial charge is 0.340 e. The van der Waals surface area contributed by atoms with Crippen LogP contribution in [-0.4, -0.2) is 62.8 Å². The van der Waals surface area contributed by atoms with Crippen molar-refractivity contribution in [3.8, 4) is 0 Å². The van der Waals surface area contributed by atoms with Crippen molar-refractivity contribution in [1.82, 2.24) is 14.5 Å². The van der Waals surface area contributed by atoms with Gasteiger partial charge in [-0.1, -0.05) is 43.3 Å². The fourth-order valence-electron chi connectivity index (χ4n) is 4.15. The summed E-state index contributed by atoms with van der Waals surface area (Å²) in [5, 5.41) is 3.24. The number of nitrogens with zero attached hydrogens (tertiary/aromatic N) is 2. The maximum Gasteiger partial charge on any atom is 0.243 e. The molecule has 0 aliphatic carbocycles. The van der Waals surface area contributed by atoms with Crippen molar-refractivity contribution in [2.24, 2.45) is 0 Å². The molecule has 0 aromatic heterocycles. The van der Waals surface area contributed by atoms with Crippen molar-refractivity contribution >= 4 is 15.9 Å². The molecule has 3 rings (SSSR count). The Balaban J connectivity index is 1.86. The van der Waals surface area contributed by atoms with Crippen LogP contribution in [0.25, 0.3) is 0 Å². The van der Waals surface area contributed by atoms with E-state index in [0.29, 0.717) is 24.5 Å². The minimum absolute atomic E-state index is 0.00659. The monoisotopic (exact) mass is 457 g/mol. The first kappa shape index (κ1) is 24.4. The molecular formula is C25H35N3O3S. The van der Waals surface area contributed by atoms with E-state index in [2.05, 4.69) is 5.32 Å². The zero-order chi connectivity index (χ0) is 23.3. The molecule has 6 nitrogen and oxygen atoms in total. The van der Waals surface area contributed by atoms with Gasteiger partial charge in [0.1, 0.15) is 0 Å². The zero-order valence-corrected chi connectivity index (χ0v) is 20.4. The van der Waals surface area contributed by atoms with Crippen LogP contribution in [0.5, 0.6) is 0 Å². The molecule has 1 aliphatic rings. The van der Waals surface area contributed by atoms with Crippen LogP contribution in [0, 0.1) is 20.8 Å². The fourth-order valence-corrected chi connectivity index (χ4v) is 5.97. The van der Waals surface area contributed by atoms with E-state index in [4.69, 9.17) is 0 Å². The van der Waals surface area contributed by atoms with Gasteiger partial charge in [-0.05, 0) is 55.0 Å². The SMILES string of the molecule is Cc1cc(C)c(S(=O)(=O)N(CCC(=O)N2CCNCC2)C[C@H](C)c2ccccc2)cc1C. The lowest BCUT2D eigenvalue weighted by Crippen LogP contribution is -2.47. The number of rotatable bonds is 8. The molecule has 0 unspecified atom stereocenters. The molecule has 1 heterocycles. The van der Waals surface area contributed by atoms with Crippen molar-refractivity contribution in [2.45, 2.75) is 44.9 Å². The molecular weight excluding hydrogens is 422 g/mol. The summed E-state index contributed by atoms with van der Waals surface area (Å²) in [7, 11) is -3.75. The van der Waals surface area contributed by atoms with Crippen LogP contribution in [0.4, 0.5) is 0 Å². The molecule has 0 spiro atoms. The minimum atomic E-state index is -3.75. The summed E-state index contributed by atoms with van der Waals surface area (Å²) in [5.41, 5.74) is 3.83. The van der Waals surface area contributed by atoms with Crippen LogP contribution in [0.1, 0.15) is 41.5 Å². The number of sulfonamides is 1. The number of benzene rings is 2. The molecule has 0 radical (unpaired) electrons. The van der Waals surface area contributed by atoms with Crippen LogP contribution in [0.2, 0.25) is 0 Å². The smallest absolute Gasteiger partial charge is 0.243 e. The summed E-state index contributed by atoms with van der Waals surface area (Å²) in [6.45, 7) is 11.2. The van der Waals surface area contributed by atoms with E-state index in [0.717, 1.165) is 35.3 Å². The summed E-state index contributed by atoms with van der Waals surface area (Å²) in [6.07, 6.45) is 0.185. The quantitative estimate of drug-likeness (QED) is 0.661. The molecule has 2 aromatic carbocycles. The zero-order valence-electron chi connectivity index (χ0n) is 19.6. The molecule has 1 atom stereocenters. The third-order valence-electron chi connectivity index (χ3n) is 6.30. The van der Waals surface area contributed by atoms with Crippen LogP contribution >= 0.6 is 0 Å². The van der Waals surface area contributed by atoms with Gasteiger partial charge in [-0.25, -0.2) is 8.42 Å². The van der Waals surface area contributed by atoms with Gasteiger partial charge in [0.15, 0.2) is 0 Å². The second-order valence-corrected chi connectivity index (χ2v) is 10.7. The first-order valence-electron chi connectivity index (χ1n) is 11.3. The molecule has 1 N–H and O–H groups in total. The molecule has 1 fully saturated rings. The summed E-state index contributed by atoms with van der Waals surface area (Å²) in [5.74, 6) is 0.0167. The predicted molar refractivity (Wildman–Crippen MR) is 128 cm³/mol. The van der Waals surface area contributed by atoms with E-state index < -0.39 is 10.0 Å². The number of hydrogen-bond acceptors (Lipinski definition) is 4. The summed E-state index contributed by atoms with van der Waals surface area (Å²) in [4.78, 5) is 14.9. The van der Waals surface area contributed by atoms with Crippen molar-refractivity contribution < 1.29 is 13.2 Å². The first-order chi connectivity index (χ1) is 15.2. The van der Waals surface area contributed by atoms with E-state index in [-0.39, 0.29) is 24.8 Å². The summed E-state index contributed by atoms with van der Waals surface area (Å²) >= 11 is 0. The van der Waals surface area contributed by atoms with E-state index >= 15 is 0 Å². The Morgan fingerprint density at radius 3 is 2.31 bits per heavy atom. The van der Waals surface area contributed by atoms with Gasteiger partial charge in [-0.2, -0.15) is 4.31 Å². The number of piperazine rings is 1. The molecule has 1 saturated heterocycles. The standard InChI is InChI=1S/C25H35N3O3S/c1-19-16-21(3)24(17-20(19)2)32(30,31)28(18-22(4)23-8-6-5-7-9-23)13-10-25(29)27-14-11-26-12-15-27/h5-9,16-17,22,26H,10-15,18H2,1-4H3/t22-/m0/s1. The number of nitrogens with one attached hydrogen (secondary N) is 1. The minimum Gasteiger partial charge on any atom is -0.340 e. The second kappa shape index (κ2) is 10.6. The van der Waals surface area contributed by atoms with Gasteiger partial charge in [-0.15, -0.1) is 0 Å². The van der Waals surface area contributed by atoms with E-state index in [1.165, 1.54) is 4.31 Å². The number of aryl methyl sites for hydroxylation is 3. The molecule has 1 aliphatic heterocycles. The highest BCUT2D eigenvalue weighted by Crippen LogP contribution is 2.26. The lowest BCUT2D eigenvalue weighted by molar-refractivity contribution is -0.131. The third kappa shape index (κ3) is 5.77. The van der Waals surface area contributed by atoms with Crippen molar-refractivity contribution in [2.75, 3.05) is 39.3 Å². The number of carbonyl (C=O) groups excluding carboxylic acids is 1. The van der Waals surface area contributed by atoms with Crippen LogP contribution in [0.3, 0.4) is 0 Å². The maximum absolute atomic E-state index is 13.8. The van der Waals surface area contributed by atoms with Crippen LogP contribution < -0.4 is 5.32 Å². The van der Waals surface area contributed by atoms with Gasteiger partial charge in [0.05, 0.1) is 4.90 Å². The molecule has 1 amide bonds.